The number of ether oxygens (including phenoxy) is 7. The van der Waals surface area contributed by atoms with Gasteiger partial charge < -0.3 is 106 Å². The van der Waals surface area contributed by atoms with Crippen LogP contribution < -0.4 is 5.73 Å². The van der Waals surface area contributed by atoms with Gasteiger partial charge in [0.15, 0.2) is 24.0 Å². The number of carbonyl (C=O) groups is 5. The zero-order chi connectivity index (χ0) is 64.5. The Kier molecular flexibility index (Phi) is 23.6. The Hall–Kier alpha value is -4.63. The van der Waals surface area contributed by atoms with E-state index in [4.69, 9.17) is 38.9 Å². The molecule has 6 aliphatic rings. The van der Waals surface area contributed by atoms with Gasteiger partial charge in [-0.2, -0.15) is 0 Å². The average molecular weight is 1240 g/mol. The fourth-order valence-corrected chi connectivity index (χ4v) is 14.2. The van der Waals surface area contributed by atoms with Gasteiger partial charge in [-0.15, -0.1) is 0 Å². The van der Waals surface area contributed by atoms with Crippen molar-refractivity contribution in [3.63, 3.8) is 0 Å². The fourth-order valence-electron chi connectivity index (χ4n) is 14.2. The number of nitrogens with two attached hydrogens (primary N) is 1. The number of hydrogen-bond acceptors (Lipinski definition) is 24. The molecule has 16 N–H and O–H groups in total. The minimum Gasteiger partial charge on any atom is -0.510 e. The predicted octanol–water partition coefficient (Wildman–Crippen LogP) is -0.453. The predicted molar refractivity (Wildman–Crippen MR) is 309 cm³/mol. The Labute approximate surface area is 507 Å². The number of hydrogen-bond donors (Lipinski definition) is 11. The molecular formula is C60H97N3O24. The number of aliphatic hydroxyl groups excluding tert-OH is 6. The summed E-state index contributed by atoms with van der Waals surface area (Å²) in [7, 11) is 9.62. The molecule has 0 aromatic heterocycles. The summed E-state index contributed by atoms with van der Waals surface area (Å²) in [6.45, 7) is 18.3. The third kappa shape index (κ3) is 13.2. The van der Waals surface area contributed by atoms with E-state index in [1.54, 1.807) is 48.5 Å². The molecule has 0 bridgehead atoms. The van der Waals surface area contributed by atoms with E-state index in [2.05, 4.69) is 0 Å². The smallest absolute Gasteiger partial charge is 0.311 e. The zero-order valence-electron chi connectivity index (χ0n) is 52.9. The van der Waals surface area contributed by atoms with E-state index in [0.29, 0.717) is 6.42 Å². The molecule has 3 aliphatic carbocycles. The van der Waals surface area contributed by atoms with Crippen molar-refractivity contribution in [2.45, 2.75) is 209 Å². The van der Waals surface area contributed by atoms with E-state index >= 15 is 0 Å². The molecule has 3 heterocycles. The summed E-state index contributed by atoms with van der Waals surface area (Å²) in [5.74, 6) is -14.1. The maximum Gasteiger partial charge on any atom is 0.311 e. The van der Waals surface area contributed by atoms with Gasteiger partial charge in [0, 0.05) is 44.4 Å². The van der Waals surface area contributed by atoms with Gasteiger partial charge in [0.2, 0.25) is 5.78 Å². The Morgan fingerprint density at radius 1 is 0.782 bits per heavy atom. The molecule has 1 amide bonds. The number of phenolic OH excluding ortho intramolecular Hbond substituents is 1. The first-order valence-electron chi connectivity index (χ1n) is 29.0. The molecule has 27 heteroatoms. The van der Waals surface area contributed by atoms with Crippen LogP contribution in [0.5, 0.6) is 5.75 Å². The van der Waals surface area contributed by atoms with Crippen LogP contribution in [0.1, 0.15) is 118 Å². The maximum absolute atomic E-state index is 14.2. The molecule has 1 aromatic carbocycles. The molecule has 0 spiro atoms. The first kappa shape index (κ1) is 74.8. The number of primary amides is 1. The SMILES string of the molecule is CC[C@H]1OC(=O)[C@H](C)[C@@H](O[C@H]2C[C@@](C)(OC)[C@@H](O)[C@H](C)O2)C(C)[C@@H](O[C@@H]2O[C@H](C)C[C@H](N(C)C)[C@H]2O)[C@](C)(OC)C[C@@H](C)C(=O)[C@H](C)[C@@H](O)[C@]1(C)O.CN(C)[C@@H]1C(O)=C(C(N)=O)C(=O)[C@@]2(O)C(O)=C3C(=O)c4c(O)cccc4[C@@](C)(O)[C@H]3[C@H](O)[C@@H]12.O.O. The lowest BCUT2D eigenvalue weighted by Gasteiger charge is -2.55. The summed E-state index contributed by atoms with van der Waals surface area (Å²) in [6, 6.07) is 2.25. The lowest BCUT2D eigenvalue weighted by atomic mass is 9.54. The maximum atomic E-state index is 14.2. The molecule has 7 rings (SSSR count). The van der Waals surface area contributed by atoms with E-state index in [1.807, 2.05) is 32.8 Å². The molecule has 3 aliphatic heterocycles. The number of esters is 1. The number of fused-ring (bicyclic) bond motifs is 3. The van der Waals surface area contributed by atoms with Crippen molar-refractivity contribution in [3.05, 3.63) is 52.0 Å². The summed E-state index contributed by atoms with van der Waals surface area (Å²) >= 11 is 0. The van der Waals surface area contributed by atoms with Crippen LogP contribution in [0, 0.1) is 35.5 Å². The molecular weight excluding hydrogens is 1150 g/mol. The first-order chi connectivity index (χ1) is 39.2. The summed E-state index contributed by atoms with van der Waals surface area (Å²) < 4.78 is 43.9. The first-order valence-corrected chi connectivity index (χ1v) is 29.0. The number of likely N-dealkylation sites (N-methyl/N-ethyl adjacent to an activating group) is 2. The topological polar surface area (TPSA) is 448 Å². The molecule has 0 saturated carbocycles. The van der Waals surface area contributed by atoms with Gasteiger partial charge in [-0.25, -0.2) is 0 Å². The number of rotatable bonds is 10. The summed E-state index contributed by atoms with van der Waals surface area (Å²) in [5.41, 5.74) is -6.13. The van der Waals surface area contributed by atoms with Crippen LogP contribution >= 0.6 is 0 Å². The number of phenols is 1. The van der Waals surface area contributed by atoms with Crippen LogP contribution in [0.3, 0.4) is 0 Å². The second kappa shape index (κ2) is 27.5. The molecule has 87 heavy (non-hydrogen) atoms. The van der Waals surface area contributed by atoms with Gasteiger partial charge in [0.1, 0.15) is 52.5 Å². The molecule has 3 fully saturated rings. The second-order valence-electron chi connectivity index (χ2n) is 25.7. The highest BCUT2D eigenvalue weighted by molar-refractivity contribution is 6.25. The molecule has 1 unspecified atom stereocenters. The highest BCUT2D eigenvalue weighted by Gasteiger charge is 2.69. The van der Waals surface area contributed by atoms with E-state index < -0.39 is 183 Å². The summed E-state index contributed by atoms with van der Waals surface area (Å²) in [5, 5.41) is 112. The number of methoxy groups -OCH3 is 2. The van der Waals surface area contributed by atoms with E-state index in [1.165, 1.54) is 65.3 Å². The number of benzene rings is 1. The quantitative estimate of drug-likeness (QED) is 0.104. The van der Waals surface area contributed by atoms with Crippen LogP contribution in [0.15, 0.2) is 40.9 Å². The van der Waals surface area contributed by atoms with Crippen molar-refractivity contribution in [2.75, 3.05) is 42.4 Å². The van der Waals surface area contributed by atoms with Gasteiger partial charge >= 0.3 is 5.97 Å². The lowest BCUT2D eigenvalue weighted by molar-refractivity contribution is -0.319. The number of cyclic esters (lactones) is 1. The number of nitrogens with zero attached hydrogens (tertiary/aromatic N) is 2. The largest absolute Gasteiger partial charge is 0.510 e. The molecule has 1 aromatic rings. The number of carbonyl (C=O) groups excluding carboxylic acids is 5. The zero-order valence-corrected chi connectivity index (χ0v) is 52.9. The van der Waals surface area contributed by atoms with Crippen LogP contribution in [0.25, 0.3) is 0 Å². The fraction of sp³-hybridized carbons (Fsp3) is 0.750. The monoisotopic (exact) mass is 1240 g/mol. The number of amides is 1. The normalized spacial score (nSPS) is 42.9. The van der Waals surface area contributed by atoms with Gasteiger partial charge in [-0.05, 0) is 108 Å². The standard InChI is InChI=1S/C38H69NO13.C22H24N2O9.2H2O/c1-15-26-38(10,45)31(42)21(4)28(40)19(2)17-37(9,47-14)33(52-35-29(41)25(39(11)12)16-20(3)48-35)22(5)30(23(6)34(44)50-26)51-27-18-36(8,46-13)32(43)24(7)49-27;1-21(32)7-5-4-6-8(25)9(7)15(26)10-12(21)17(28)13-14(24(2)3)16(27)11(20(23)31)19(30)22(13,33)18(10)29;;/h19-27,29-33,35,41-43,45H,15-18H2,1-14H3;4-6,12-14,17,25,27-29,32-33H,1-3H3,(H2,23,31);2*1H2/t19-,20-,21+,22?,23-,24+,25+,26-,27+,29-,30+,31-,32+,33-,35+,36-,37-,38-;12-,13-,14+,17+,21-,22+;;/m11../s1. The molecule has 24 atom stereocenters. The van der Waals surface area contributed by atoms with Crippen molar-refractivity contribution in [1.82, 2.24) is 9.80 Å². The second-order valence-corrected chi connectivity index (χ2v) is 25.7. The Bertz CT molecular complexity index is 2740. The third-order valence-electron chi connectivity index (χ3n) is 19.3. The molecule has 3 saturated heterocycles. The number of aromatic hydroxyl groups is 1. The van der Waals surface area contributed by atoms with Gasteiger partial charge in [0.25, 0.3) is 5.91 Å². The lowest BCUT2D eigenvalue weighted by Crippen LogP contribution is -2.70. The molecule has 496 valence electrons. The van der Waals surface area contributed by atoms with Crippen molar-refractivity contribution in [3.8, 4) is 5.75 Å². The van der Waals surface area contributed by atoms with Crippen LogP contribution in [0.2, 0.25) is 0 Å². The summed E-state index contributed by atoms with van der Waals surface area (Å²) in [6.07, 6.45) is -10.6. The van der Waals surface area contributed by atoms with Crippen LogP contribution in [0.4, 0.5) is 0 Å². The van der Waals surface area contributed by atoms with Gasteiger partial charge in [-0.3, -0.25) is 28.9 Å². The average Bonchev–Trinajstić information content (AvgIpc) is 0.708. The van der Waals surface area contributed by atoms with E-state index in [9.17, 15) is 75.0 Å². The summed E-state index contributed by atoms with van der Waals surface area (Å²) in [4.78, 5) is 69.9. The Balaban J connectivity index is 0.000000398. The highest BCUT2D eigenvalue weighted by Crippen LogP contribution is 2.57. The van der Waals surface area contributed by atoms with Crippen molar-refractivity contribution in [2.24, 2.45) is 41.2 Å². The Morgan fingerprint density at radius 3 is 1.90 bits per heavy atom. The van der Waals surface area contributed by atoms with E-state index in [0.717, 1.165) is 0 Å². The van der Waals surface area contributed by atoms with Crippen LogP contribution in [-0.2, 0) is 57.9 Å². The Morgan fingerprint density at radius 2 is 1.37 bits per heavy atom. The van der Waals surface area contributed by atoms with Gasteiger partial charge in [-0.1, -0.05) is 39.8 Å². The third-order valence-corrected chi connectivity index (χ3v) is 19.3. The van der Waals surface area contributed by atoms with Gasteiger partial charge in [0.05, 0.1) is 88.4 Å². The van der Waals surface area contributed by atoms with E-state index in [-0.39, 0.29) is 59.3 Å². The van der Waals surface area contributed by atoms with Crippen molar-refractivity contribution in [1.29, 1.82) is 0 Å². The molecule has 0 radical (unpaired) electrons. The van der Waals surface area contributed by atoms with Crippen LogP contribution in [-0.4, -0.2) is 245 Å². The minimum atomic E-state index is -3.02. The number of aliphatic hydroxyl groups is 9. The highest BCUT2D eigenvalue weighted by atomic mass is 16.7. The van der Waals surface area contributed by atoms with Crippen molar-refractivity contribution < 1.29 is 119 Å². The van der Waals surface area contributed by atoms with Crippen molar-refractivity contribution >= 4 is 29.2 Å². The molecule has 27 nitrogen and oxygen atoms in total. The minimum absolute atomic E-state index is 0. The number of ketones is 3. The number of Topliss-reactive ketones (excluding diaryl/α,β-unsaturated/α-hetero) is 3.